The van der Waals surface area contributed by atoms with E-state index in [9.17, 15) is 9.59 Å². The van der Waals surface area contributed by atoms with Gasteiger partial charge in [-0.05, 0) is 43.2 Å². The van der Waals surface area contributed by atoms with Gasteiger partial charge in [-0.2, -0.15) is 0 Å². The quantitative estimate of drug-likeness (QED) is 0.572. The van der Waals surface area contributed by atoms with Crippen molar-refractivity contribution in [3.63, 3.8) is 0 Å². The van der Waals surface area contributed by atoms with Crippen molar-refractivity contribution < 1.29 is 14.7 Å². The largest absolute Gasteiger partial charge is 0.396 e. The Morgan fingerprint density at radius 1 is 1.09 bits per heavy atom. The lowest BCUT2D eigenvalue weighted by Crippen LogP contribution is -2.43. The van der Waals surface area contributed by atoms with Crippen molar-refractivity contribution in [3.8, 4) is 0 Å². The van der Waals surface area contributed by atoms with Crippen molar-refractivity contribution in [2.75, 3.05) is 13.2 Å². The summed E-state index contributed by atoms with van der Waals surface area (Å²) in [7, 11) is 0. The third-order valence-electron chi connectivity index (χ3n) is 4.60. The van der Waals surface area contributed by atoms with Crippen LogP contribution in [0.1, 0.15) is 50.7 Å². The average Bonchev–Trinajstić information content (AvgIpc) is 2.83. The number of benzene rings is 1. The molecule has 0 radical (unpaired) electrons. The number of hydrogen-bond acceptors (Lipinski definition) is 3. The van der Waals surface area contributed by atoms with Gasteiger partial charge in [-0.25, -0.2) is 4.79 Å². The highest BCUT2D eigenvalue weighted by Crippen LogP contribution is 2.32. The van der Waals surface area contributed by atoms with Crippen molar-refractivity contribution in [2.45, 2.75) is 51.5 Å². The molecule has 2 rings (SSSR count). The van der Waals surface area contributed by atoms with Crippen molar-refractivity contribution in [1.29, 1.82) is 0 Å². The monoisotopic (exact) mass is 318 g/mol. The molecule has 1 aromatic rings. The van der Waals surface area contributed by atoms with E-state index >= 15 is 0 Å². The van der Waals surface area contributed by atoms with Gasteiger partial charge in [-0.1, -0.05) is 38.1 Å². The Balaban J connectivity index is 2.18. The molecule has 0 spiro atoms. The Morgan fingerprint density at radius 3 is 2.35 bits per heavy atom. The third-order valence-corrected chi connectivity index (χ3v) is 4.60. The highest BCUT2D eigenvalue weighted by Gasteiger charge is 2.50. The Hall–Kier alpha value is -1.88. The number of unbranched alkanes of at least 4 members (excludes halogenated alkanes) is 2. The van der Waals surface area contributed by atoms with Crippen LogP contribution >= 0.6 is 0 Å². The lowest BCUT2D eigenvalue weighted by atomic mass is 9.86. The number of aliphatic hydroxyl groups excluding tert-OH is 1. The van der Waals surface area contributed by atoms with Gasteiger partial charge >= 0.3 is 6.03 Å². The maximum Gasteiger partial charge on any atom is 0.325 e. The molecule has 1 unspecified atom stereocenters. The molecule has 0 aliphatic carbocycles. The van der Waals surface area contributed by atoms with Crippen LogP contribution in [-0.2, 0) is 16.8 Å². The molecular formula is C18H26N2O3. The van der Waals surface area contributed by atoms with Gasteiger partial charge in [0, 0.05) is 13.2 Å². The van der Waals surface area contributed by atoms with Gasteiger partial charge in [0.25, 0.3) is 5.91 Å². The standard InChI is InChI=1S/C18H26N2O3/c1-3-14-8-10-15(11-9-14)18(4-2)16(22)20(17(23)19-18)12-6-5-7-13-21/h8-11,21H,3-7,12-13H2,1-2H3,(H,19,23). The predicted octanol–water partition coefficient (Wildman–Crippen LogP) is 2.57. The first-order valence-electron chi connectivity index (χ1n) is 8.43. The SMILES string of the molecule is CCc1ccc(C2(CC)NC(=O)N(CCCCCO)C2=O)cc1. The van der Waals surface area contributed by atoms with Gasteiger partial charge in [0.15, 0.2) is 0 Å². The molecule has 1 heterocycles. The topological polar surface area (TPSA) is 69.6 Å². The number of imide groups is 1. The predicted molar refractivity (Wildman–Crippen MR) is 89.0 cm³/mol. The fourth-order valence-electron chi connectivity index (χ4n) is 3.05. The number of aliphatic hydroxyl groups is 1. The van der Waals surface area contributed by atoms with Gasteiger partial charge in [0.2, 0.25) is 0 Å². The summed E-state index contributed by atoms with van der Waals surface area (Å²) in [6, 6.07) is 7.58. The molecule has 1 aromatic carbocycles. The molecule has 1 saturated heterocycles. The molecule has 1 fully saturated rings. The molecule has 5 nitrogen and oxygen atoms in total. The third kappa shape index (κ3) is 3.39. The summed E-state index contributed by atoms with van der Waals surface area (Å²) in [6.45, 7) is 4.55. The van der Waals surface area contributed by atoms with Crippen LogP contribution in [0.5, 0.6) is 0 Å². The molecule has 3 amide bonds. The fourth-order valence-corrected chi connectivity index (χ4v) is 3.05. The van der Waals surface area contributed by atoms with Crippen molar-refractivity contribution in [3.05, 3.63) is 35.4 Å². The normalized spacial score (nSPS) is 20.9. The zero-order valence-corrected chi connectivity index (χ0v) is 14.0. The van der Waals surface area contributed by atoms with Crippen LogP contribution in [0.25, 0.3) is 0 Å². The molecule has 1 atom stereocenters. The van der Waals surface area contributed by atoms with Crippen LogP contribution in [0.3, 0.4) is 0 Å². The molecule has 126 valence electrons. The van der Waals surface area contributed by atoms with Gasteiger partial charge < -0.3 is 10.4 Å². The number of carbonyl (C=O) groups is 2. The Labute approximate surface area is 137 Å². The van der Waals surface area contributed by atoms with Crippen molar-refractivity contribution in [2.24, 2.45) is 0 Å². The maximum absolute atomic E-state index is 12.9. The number of nitrogens with one attached hydrogen (secondary N) is 1. The first-order chi connectivity index (χ1) is 11.1. The minimum absolute atomic E-state index is 0.142. The lowest BCUT2D eigenvalue weighted by Gasteiger charge is -2.26. The van der Waals surface area contributed by atoms with E-state index in [-0.39, 0.29) is 18.5 Å². The van der Waals surface area contributed by atoms with Crippen molar-refractivity contribution in [1.82, 2.24) is 10.2 Å². The summed E-state index contributed by atoms with van der Waals surface area (Å²) >= 11 is 0. The van der Waals surface area contributed by atoms with Crippen LogP contribution in [0.15, 0.2) is 24.3 Å². The number of amides is 3. The summed E-state index contributed by atoms with van der Waals surface area (Å²) in [4.78, 5) is 26.5. The van der Waals surface area contributed by atoms with E-state index in [1.54, 1.807) is 0 Å². The highest BCUT2D eigenvalue weighted by molar-refractivity contribution is 6.07. The first kappa shape index (κ1) is 17.5. The number of rotatable bonds is 8. The average molecular weight is 318 g/mol. The smallest absolute Gasteiger partial charge is 0.325 e. The molecule has 0 saturated carbocycles. The van der Waals surface area contributed by atoms with Crippen molar-refractivity contribution >= 4 is 11.9 Å². The summed E-state index contributed by atoms with van der Waals surface area (Å²) in [5.74, 6) is -0.168. The number of nitrogens with zero attached hydrogens (tertiary/aromatic N) is 1. The van der Waals surface area contributed by atoms with E-state index in [1.165, 1.54) is 10.5 Å². The zero-order chi connectivity index (χ0) is 16.9. The summed E-state index contributed by atoms with van der Waals surface area (Å²) in [6.07, 6.45) is 3.68. The minimum Gasteiger partial charge on any atom is -0.396 e. The summed E-state index contributed by atoms with van der Waals surface area (Å²) < 4.78 is 0. The van der Waals surface area contributed by atoms with Crippen LogP contribution in [-0.4, -0.2) is 35.1 Å². The number of urea groups is 1. The van der Waals surface area contributed by atoms with Crippen LogP contribution in [0, 0.1) is 0 Å². The molecule has 2 N–H and O–H groups in total. The Morgan fingerprint density at radius 2 is 1.78 bits per heavy atom. The molecular weight excluding hydrogens is 292 g/mol. The lowest BCUT2D eigenvalue weighted by molar-refractivity contribution is -0.131. The number of hydrogen-bond donors (Lipinski definition) is 2. The molecule has 0 aromatic heterocycles. The highest BCUT2D eigenvalue weighted by atomic mass is 16.3. The van der Waals surface area contributed by atoms with Gasteiger partial charge in [0.05, 0.1) is 0 Å². The Kier molecular flexibility index (Phi) is 5.77. The Bertz CT molecular complexity index is 556. The van der Waals surface area contributed by atoms with Crippen LogP contribution in [0.2, 0.25) is 0 Å². The first-order valence-corrected chi connectivity index (χ1v) is 8.43. The van der Waals surface area contributed by atoms with E-state index in [0.717, 1.165) is 18.4 Å². The van der Waals surface area contributed by atoms with Gasteiger partial charge in [-0.15, -0.1) is 0 Å². The van der Waals surface area contributed by atoms with E-state index in [0.29, 0.717) is 25.8 Å². The second-order valence-electron chi connectivity index (χ2n) is 5.98. The number of aryl methyl sites for hydroxylation is 1. The maximum atomic E-state index is 12.9. The van der Waals surface area contributed by atoms with Crippen LogP contribution in [0.4, 0.5) is 4.79 Å². The number of carbonyl (C=O) groups excluding carboxylic acids is 2. The van der Waals surface area contributed by atoms with Gasteiger partial charge in [0.1, 0.15) is 5.54 Å². The zero-order valence-electron chi connectivity index (χ0n) is 14.0. The van der Waals surface area contributed by atoms with E-state index in [2.05, 4.69) is 12.2 Å². The molecule has 1 aliphatic rings. The summed E-state index contributed by atoms with van der Waals surface area (Å²) in [5, 5.41) is 11.7. The molecule has 5 heteroatoms. The fraction of sp³-hybridized carbons (Fsp3) is 0.556. The molecule has 23 heavy (non-hydrogen) atoms. The summed E-state index contributed by atoms with van der Waals surface area (Å²) in [5.41, 5.74) is 1.10. The molecule has 0 bridgehead atoms. The second kappa shape index (κ2) is 7.59. The van der Waals surface area contributed by atoms with Gasteiger partial charge in [-0.3, -0.25) is 9.69 Å². The van der Waals surface area contributed by atoms with Crippen LogP contribution < -0.4 is 5.32 Å². The molecule has 1 aliphatic heterocycles. The van der Waals surface area contributed by atoms with E-state index in [1.807, 2.05) is 31.2 Å². The van der Waals surface area contributed by atoms with E-state index < -0.39 is 5.54 Å². The second-order valence-corrected chi connectivity index (χ2v) is 5.98. The van der Waals surface area contributed by atoms with E-state index in [4.69, 9.17) is 5.11 Å². The minimum atomic E-state index is -0.944.